The van der Waals surface area contributed by atoms with E-state index >= 15 is 0 Å². The van der Waals surface area contributed by atoms with Gasteiger partial charge in [0.2, 0.25) is 0 Å². The first-order chi connectivity index (χ1) is 4.14. The van der Waals surface area contributed by atoms with Gasteiger partial charge in [-0.2, -0.15) is 0 Å². The van der Waals surface area contributed by atoms with Crippen LogP contribution >= 0.6 is 0 Å². The Morgan fingerprint density at radius 1 is 2.00 bits per heavy atom. The fourth-order valence-electron chi connectivity index (χ4n) is 0.796. The standard InChI is InChI=1S/C6H11NO2/c1-6(7)3-2-5(4-8)9-6/h2,8H,3-4,7H2,1H3. The largest absolute Gasteiger partial charge is 0.475 e. The van der Waals surface area contributed by atoms with E-state index in [4.69, 9.17) is 15.6 Å². The molecule has 0 aromatic rings. The van der Waals surface area contributed by atoms with E-state index in [9.17, 15) is 0 Å². The van der Waals surface area contributed by atoms with Gasteiger partial charge in [0, 0.05) is 6.42 Å². The highest BCUT2D eigenvalue weighted by molar-refractivity contribution is 5.04. The van der Waals surface area contributed by atoms with E-state index in [0.717, 1.165) is 0 Å². The van der Waals surface area contributed by atoms with Gasteiger partial charge < -0.3 is 9.84 Å². The van der Waals surface area contributed by atoms with Gasteiger partial charge in [0.1, 0.15) is 12.4 Å². The molecule has 1 heterocycles. The molecule has 0 aliphatic carbocycles. The van der Waals surface area contributed by atoms with Crippen LogP contribution in [0.2, 0.25) is 0 Å². The van der Waals surface area contributed by atoms with Crippen LogP contribution in [-0.4, -0.2) is 17.4 Å². The molecule has 52 valence electrons. The van der Waals surface area contributed by atoms with Crippen molar-refractivity contribution >= 4 is 0 Å². The number of hydrogen-bond donors (Lipinski definition) is 2. The van der Waals surface area contributed by atoms with Crippen LogP contribution in [0.3, 0.4) is 0 Å². The zero-order valence-electron chi connectivity index (χ0n) is 5.42. The Hall–Kier alpha value is -0.540. The molecule has 0 aromatic carbocycles. The van der Waals surface area contributed by atoms with Crippen LogP contribution in [0.25, 0.3) is 0 Å². The second-order valence-corrected chi connectivity index (χ2v) is 2.45. The Balaban J connectivity index is 2.50. The lowest BCUT2D eigenvalue weighted by atomic mass is 10.2. The van der Waals surface area contributed by atoms with Crippen LogP contribution in [0.15, 0.2) is 11.8 Å². The fourth-order valence-corrected chi connectivity index (χ4v) is 0.796. The van der Waals surface area contributed by atoms with E-state index in [-0.39, 0.29) is 6.61 Å². The van der Waals surface area contributed by atoms with Gasteiger partial charge in [-0.1, -0.05) is 0 Å². The molecular weight excluding hydrogens is 118 g/mol. The van der Waals surface area contributed by atoms with Crippen molar-refractivity contribution in [2.24, 2.45) is 5.73 Å². The summed E-state index contributed by atoms with van der Waals surface area (Å²) in [5, 5.41) is 8.55. The highest BCUT2D eigenvalue weighted by Gasteiger charge is 2.25. The molecule has 0 radical (unpaired) electrons. The summed E-state index contributed by atoms with van der Waals surface area (Å²) in [6.45, 7) is 1.74. The highest BCUT2D eigenvalue weighted by Crippen LogP contribution is 2.21. The zero-order valence-corrected chi connectivity index (χ0v) is 5.42. The van der Waals surface area contributed by atoms with Gasteiger partial charge in [0.05, 0.1) is 0 Å². The molecule has 0 saturated carbocycles. The van der Waals surface area contributed by atoms with Crippen LogP contribution < -0.4 is 5.73 Å². The number of rotatable bonds is 1. The maximum atomic E-state index is 8.55. The smallest absolute Gasteiger partial charge is 0.158 e. The molecule has 0 aromatic heterocycles. The Bertz CT molecular complexity index is 140. The average molecular weight is 129 g/mol. The first kappa shape index (κ1) is 6.58. The van der Waals surface area contributed by atoms with Crippen molar-refractivity contribution < 1.29 is 9.84 Å². The quantitative estimate of drug-likeness (QED) is 0.522. The first-order valence-electron chi connectivity index (χ1n) is 2.92. The van der Waals surface area contributed by atoms with Crippen molar-refractivity contribution in [3.05, 3.63) is 11.8 Å². The molecule has 0 saturated heterocycles. The van der Waals surface area contributed by atoms with E-state index in [1.54, 1.807) is 13.0 Å². The van der Waals surface area contributed by atoms with Crippen molar-refractivity contribution in [2.75, 3.05) is 6.61 Å². The summed E-state index contributed by atoms with van der Waals surface area (Å²) in [4.78, 5) is 0. The van der Waals surface area contributed by atoms with E-state index in [0.29, 0.717) is 12.2 Å². The SMILES string of the molecule is CC1(N)CC=C(CO)O1. The third-order valence-electron chi connectivity index (χ3n) is 1.26. The molecule has 1 atom stereocenters. The number of ether oxygens (including phenoxy) is 1. The third-order valence-corrected chi connectivity index (χ3v) is 1.26. The van der Waals surface area contributed by atoms with Crippen LogP contribution in [0, 0.1) is 0 Å². The van der Waals surface area contributed by atoms with Crippen molar-refractivity contribution in [3.8, 4) is 0 Å². The number of nitrogens with two attached hydrogens (primary N) is 1. The molecular formula is C6H11NO2. The van der Waals surface area contributed by atoms with E-state index < -0.39 is 5.72 Å². The minimum atomic E-state index is -0.585. The number of aliphatic hydroxyl groups is 1. The van der Waals surface area contributed by atoms with Crippen LogP contribution in [0.5, 0.6) is 0 Å². The van der Waals surface area contributed by atoms with Crippen molar-refractivity contribution in [1.29, 1.82) is 0 Å². The lowest BCUT2D eigenvalue weighted by Crippen LogP contribution is -2.35. The molecule has 0 bridgehead atoms. The Morgan fingerprint density at radius 2 is 2.67 bits per heavy atom. The topological polar surface area (TPSA) is 55.5 Å². The Kier molecular flexibility index (Phi) is 1.47. The van der Waals surface area contributed by atoms with Crippen LogP contribution in [0.1, 0.15) is 13.3 Å². The Morgan fingerprint density at radius 3 is 2.89 bits per heavy atom. The third kappa shape index (κ3) is 1.43. The molecule has 1 aliphatic rings. The van der Waals surface area contributed by atoms with Crippen LogP contribution in [0.4, 0.5) is 0 Å². The maximum Gasteiger partial charge on any atom is 0.158 e. The van der Waals surface area contributed by atoms with Crippen molar-refractivity contribution in [3.63, 3.8) is 0 Å². The van der Waals surface area contributed by atoms with E-state index in [1.807, 2.05) is 0 Å². The van der Waals surface area contributed by atoms with Gasteiger partial charge in [-0.3, -0.25) is 5.73 Å². The van der Waals surface area contributed by atoms with Crippen molar-refractivity contribution in [2.45, 2.75) is 19.1 Å². The van der Waals surface area contributed by atoms with Gasteiger partial charge in [0.25, 0.3) is 0 Å². The molecule has 9 heavy (non-hydrogen) atoms. The lowest BCUT2D eigenvalue weighted by Gasteiger charge is -2.18. The molecule has 1 aliphatic heterocycles. The molecule has 1 unspecified atom stereocenters. The molecule has 3 heteroatoms. The summed E-state index contributed by atoms with van der Waals surface area (Å²) >= 11 is 0. The zero-order chi connectivity index (χ0) is 6.91. The predicted octanol–water partition coefficient (Wildman–Crippen LogP) is -0.0422. The van der Waals surface area contributed by atoms with Gasteiger partial charge in [-0.15, -0.1) is 0 Å². The molecule has 1 rings (SSSR count). The summed E-state index contributed by atoms with van der Waals surface area (Å²) in [6.07, 6.45) is 2.49. The summed E-state index contributed by atoms with van der Waals surface area (Å²) in [6, 6.07) is 0. The van der Waals surface area contributed by atoms with Crippen molar-refractivity contribution in [1.82, 2.24) is 0 Å². The van der Waals surface area contributed by atoms with E-state index in [2.05, 4.69) is 0 Å². The summed E-state index contributed by atoms with van der Waals surface area (Å²) in [5.41, 5.74) is 4.97. The normalized spacial score (nSPS) is 33.9. The molecule has 0 amide bonds. The minimum absolute atomic E-state index is 0.0488. The molecule has 3 N–H and O–H groups in total. The Labute approximate surface area is 54.1 Å². The lowest BCUT2D eigenvalue weighted by molar-refractivity contribution is 0.0336. The second-order valence-electron chi connectivity index (χ2n) is 2.45. The van der Waals surface area contributed by atoms with Crippen LogP contribution in [-0.2, 0) is 4.74 Å². The molecule has 3 nitrogen and oxygen atoms in total. The second kappa shape index (κ2) is 2.01. The van der Waals surface area contributed by atoms with Gasteiger partial charge in [-0.25, -0.2) is 0 Å². The first-order valence-corrected chi connectivity index (χ1v) is 2.92. The van der Waals surface area contributed by atoms with E-state index in [1.165, 1.54) is 0 Å². The number of aliphatic hydroxyl groups excluding tert-OH is 1. The average Bonchev–Trinajstić information content (AvgIpc) is 2.10. The molecule has 0 spiro atoms. The summed E-state index contributed by atoms with van der Waals surface area (Å²) in [5.74, 6) is 0.583. The maximum absolute atomic E-state index is 8.55. The van der Waals surface area contributed by atoms with Gasteiger partial charge in [-0.05, 0) is 13.0 Å². The number of hydrogen-bond acceptors (Lipinski definition) is 3. The van der Waals surface area contributed by atoms with Gasteiger partial charge in [0.15, 0.2) is 5.72 Å². The highest BCUT2D eigenvalue weighted by atomic mass is 16.5. The summed E-state index contributed by atoms with van der Waals surface area (Å²) in [7, 11) is 0. The van der Waals surface area contributed by atoms with Gasteiger partial charge >= 0.3 is 0 Å². The monoisotopic (exact) mass is 129 g/mol. The minimum Gasteiger partial charge on any atom is -0.475 e. The predicted molar refractivity (Wildman–Crippen MR) is 33.5 cm³/mol. The summed E-state index contributed by atoms with van der Waals surface area (Å²) < 4.78 is 5.09. The molecule has 0 fully saturated rings. The fraction of sp³-hybridized carbons (Fsp3) is 0.667.